The number of hydrogen-bond donors (Lipinski definition) is 1. The smallest absolute Gasteiger partial charge is 0.159 e. The van der Waals surface area contributed by atoms with Gasteiger partial charge in [-0.15, -0.1) is 0 Å². The van der Waals surface area contributed by atoms with Crippen molar-refractivity contribution in [2.24, 2.45) is 0 Å². The second-order valence-electron chi connectivity index (χ2n) is 5.11. The molecule has 0 radical (unpaired) electrons. The minimum atomic E-state index is 0.0148. The van der Waals surface area contributed by atoms with Crippen LogP contribution < -0.4 is 4.74 Å². The van der Waals surface area contributed by atoms with Gasteiger partial charge in [-0.05, 0) is 32.1 Å². The molecule has 0 aliphatic carbocycles. The van der Waals surface area contributed by atoms with Gasteiger partial charge < -0.3 is 14.7 Å². The molecular formula is C16H21N3O2. The molecule has 1 aromatic heterocycles. The van der Waals surface area contributed by atoms with E-state index in [0.29, 0.717) is 18.2 Å². The SMILES string of the molecule is CN(C)CCCOc1cnc(-c2cccc(CO)c2)nc1. The molecule has 2 rings (SSSR count). The number of benzene rings is 1. The van der Waals surface area contributed by atoms with Crippen molar-refractivity contribution in [1.29, 1.82) is 0 Å². The van der Waals surface area contributed by atoms with Gasteiger partial charge in [-0.2, -0.15) is 0 Å². The van der Waals surface area contributed by atoms with Crippen LogP contribution in [0.5, 0.6) is 5.75 Å². The van der Waals surface area contributed by atoms with Crippen LogP contribution >= 0.6 is 0 Å². The molecule has 21 heavy (non-hydrogen) atoms. The molecule has 5 nitrogen and oxygen atoms in total. The third-order valence-electron chi connectivity index (χ3n) is 3.01. The summed E-state index contributed by atoms with van der Waals surface area (Å²) in [6.07, 6.45) is 4.33. The topological polar surface area (TPSA) is 58.5 Å². The molecule has 1 aromatic carbocycles. The van der Waals surface area contributed by atoms with Gasteiger partial charge in [0.2, 0.25) is 0 Å². The molecule has 0 bridgehead atoms. The molecule has 0 fully saturated rings. The Kier molecular flexibility index (Phi) is 5.66. The van der Waals surface area contributed by atoms with Crippen LogP contribution in [-0.4, -0.2) is 47.2 Å². The zero-order valence-corrected chi connectivity index (χ0v) is 12.5. The number of rotatable bonds is 7. The third-order valence-corrected chi connectivity index (χ3v) is 3.01. The lowest BCUT2D eigenvalue weighted by Crippen LogP contribution is -2.15. The Morgan fingerprint density at radius 2 is 1.95 bits per heavy atom. The van der Waals surface area contributed by atoms with E-state index in [-0.39, 0.29) is 6.61 Å². The van der Waals surface area contributed by atoms with Crippen LogP contribution in [0, 0.1) is 0 Å². The predicted octanol–water partition coefficient (Wildman–Crippen LogP) is 1.97. The zero-order chi connectivity index (χ0) is 15.1. The molecule has 0 spiro atoms. The summed E-state index contributed by atoms with van der Waals surface area (Å²) in [4.78, 5) is 10.7. The Morgan fingerprint density at radius 3 is 2.62 bits per heavy atom. The summed E-state index contributed by atoms with van der Waals surface area (Å²) in [5, 5.41) is 9.15. The van der Waals surface area contributed by atoms with Gasteiger partial charge >= 0.3 is 0 Å². The van der Waals surface area contributed by atoms with Crippen LogP contribution in [0.3, 0.4) is 0 Å². The number of hydrogen-bond acceptors (Lipinski definition) is 5. The standard InChI is InChI=1S/C16H21N3O2/c1-19(2)7-4-8-21-15-10-17-16(18-11-15)14-6-3-5-13(9-14)12-20/h3,5-6,9-11,20H,4,7-8,12H2,1-2H3. The molecule has 0 aliphatic heterocycles. The van der Waals surface area contributed by atoms with E-state index in [0.717, 1.165) is 24.1 Å². The average Bonchev–Trinajstić information content (AvgIpc) is 2.52. The number of aromatic nitrogens is 2. The van der Waals surface area contributed by atoms with Gasteiger partial charge in [-0.3, -0.25) is 0 Å². The summed E-state index contributed by atoms with van der Waals surface area (Å²) in [5.41, 5.74) is 1.74. The number of aliphatic hydroxyl groups is 1. The highest BCUT2D eigenvalue weighted by molar-refractivity contribution is 5.55. The van der Waals surface area contributed by atoms with Crippen LogP contribution in [0.25, 0.3) is 11.4 Å². The van der Waals surface area contributed by atoms with Crippen LogP contribution in [0.1, 0.15) is 12.0 Å². The van der Waals surface area contributed by atoms with Crippen molar-refractivity contribution in [3.63, 3.8) is 0 Å². The van der Waals surface area contributed by atoms with Gasteiger partial charge in [0.1, 0.15) is 0 Å². The van der Waals surface area contributed by atoms with Gasteiger partial charge in [0, 0.05) is 12.1 Å². The van der Waals surface area contributed by atoms with E-state index in [1.165, 1.54) is 0 Å². The lowest BCUT2D eigenvalue weighted by molar-refractivity contribution is 0.280. The van der Waals surface area contributed by atoms with Crippen LogP contribution in [0.15, 0.2) is 36.7 Å². The summed E-state index contributed by atoms with van der Waals surface area (Å²) in [6, 6.07) is 7.56. The molecule has 5 heteroatoms. The third kappa shape index (κ3) is 4.81. The van der Waals surface area contributed by atoms with Gasteiger partial charge in [-0.1, -0.05) is 18.2 Å². The van der Waals surface area contributed by atoms with Crippen LogP contribution in [-0.2, 0) is 6.61 Å². The van der Waals surface area contributed by atoms with Crippen LogP contribution in [0.2, 0.25) is 0 Å². The second kappa shape index (κ2) is 7.71. The Bertz CT molecular complexity index is 556. The number of ether oxygens (including phenoxy) is 1. The molecule has 0 unspecified atom stereocenters. The van der Waals surface area contributed by atoms with Crippen molar-refractivity contribution < 1.29 is 9.84 Å². The van der Waals surface area contributed by atoms with Gasteiger partial charge in [0.15, 0.2) is 11.6 Å². The van der Waals surface area contributed by atoms with Crippen molar-refractivity contribution in [2.45, 2.75) is 13.0 Å². The van der Waals surface area contributed by atoms with Crippen molar-refractivity contribution in [1.82, 2.24) is 14.9 Å². The van der Waals surface area contributed by atoms with Crippen LogP contribution in [0.4, 0.5) is 0 Å². The first-order chi connectivity index (χ1) is 10.2. The largest absolute Gasteiger partial charge is 0.490 e. The van der Waals surface area contributed by atoms with E-state index in [2.05, 4.69) is 14.9 Å². The van der Waals surface area contributed by atoms with Crippen molar-refractivity contribution in [3.05, 3.63) is 42.2 Å². The van der Waals surface area contributed by atoms with Crippen molar-refractivity contribution in [2.75, 3.05) is 27.2 Å². The fraction of sp³-hybridized carbons (Fsp3) is 0.375. The minimum absolute atomic E-state index is 0.0148. The van der Waals surface area contributed by atoms with E-state index in [9.17, 15) is 0 Å². The first-order valence-electron chi connectivity index (χ1n) is 6.99. The van der Waals surface area contributed by atoms with Gasteiger partial charge in [0.05, 0.1) is 25.6 Å². The summed E-state index contributed by atoms with van der Waals surface area (Å²) >= 11 is 0. The predicted molar refractivity (Wildman–Crippen MR) is 82.1 cm³/mol. The Labute approximate surface area is 125 Å². The molecule has 1 N–H and O–H groups in total. The molecule has 1 heterocycles. The highest BCUT2D eigenvalue weighted by Gasteiger charge is 2.03. The Hall–Kier alpha value is -1.98. The van der Waals surface area contributed by atoms with E-state index >= 15 is 0 Å². The Morgan fingerprint density at radius 1 is 1.19 bits per heavy atom. The fourth-order valence-electron chi connectivity index (χ4n) is 1.92. The quantitative estimate of drug-likeness (QED) is 0.789. The van der Waals surface area contributed by atoms with E-state index in [1.54, 1.807) is 12.4 Å². The minimum Gasteiger partial charge on any atom is -0.490 e. The summed E-state index contributed by atoms with van der Waals surface area (Å²) < 4.78 is 5.60. The van der Waals surface area contributed by atoms with E-state index in [4.69, 9.17) is 9.84 Å². The summed E-state index contributed by atoms with van der Waals surface area (Å²) in [6.45, 7) is 1.66. The average molecular weight is 287 g/mol. The lowest BCUT2D eigenvalue weighted by Gasteiger charge is -2.10. The first-order valence-corrected chi connectivity index (χ1v) is 6.99. The molecule has 0 saturated carbocycles. The van der Waals surface area contributed by atoms with Crippen molar-refractivity contribution in [3.8, 4) is 17.1 Å². The zero-order valence-electron chi connectivity index (χ0n) is 12.5. The first kappa shape index (κ1) is 15.4. The molecule has 2 aromatic rings. The molecule has 0 saturated heterocycles. The number of nitrogens with zero attached hydrogens (tertiary/aromatic N) is 3. The maximum absolute atomic E-state index is 9.15. The molecular weight excluding hydrogens is 266 g/mol. The number of aliphatic hydroxyl groups excluding tert-OH is 1. The highest BCUT2D eigenvalue weighted by atomic mass is 16.5. The fourth-order valence-corrected chi connectivity index (χ4v) is 1.92. The van der Waals surface area contributed by atoms with Gasteiger partial charge in [-0.25, -0.2) is 9.97 Å². The summed E-state index contributed by atoms with van der Waals surface area (Å²) in [7, 11) is 4.08. The van der Waals surface area contributed by atoms with E-state index < -0.39 is 0 Å². The monoisotopic (exact) mass is 287 g/mol. The molecule has 0 amide bonds. The summed E-state index contributed by atoms with van der Waals surface area (Å²) in [5.74, 6) is 1.31. The lowest BCUT2D eigenvalue weighted by atomic mass is 10.1. The molecule has 112 valence electrons. The van der Waals surface area contributed by atoms with E-state index in [1.807, 2.05) is 38.4 Å². The normalized spacial score (nSPS) is 10.9. The maximum Gasteiger partial charge on any atom is 0.159 e. The molecule has 0 aliphatic rings. The maximum atomic E-state index is 9.15. The molecule has 0 atom stereocenters. The highest BCUT2D eigenvalue weighted by Crippen LogP contribution is 2.18. The Balaban J connectivity index is 1.95. The van der Waals surface area contributed by atoms with Gasteiger partial charge in [0.25, 0.3) is 0 Å². The second-order valence-corrected chi connectivity index (χ2v) is 5.11. The van der Waals surface area contributed by atoms with Crippen molar-refractivity contribution >= 4 is 0 Å².